The number of rotatable bonds is 6. The van der Waals surface area contributed by atoms with Crippen molar-refractivity contribution in [3.63, 3.8) is 0 Å². The molecule has 0 bridgehead atoms. The third kappa shape index (κ3) is 4.56. The van der Waals surface area contributed by atoms with Crippen LogP contribution in [0.3, 0.4) is 0 Å². The minimum Gasteiger partial charge on any atom is -0.507 e. The van der Waals surface area contributed by atoms with Gasteiger partial charge in [-0.25, -0.2) is 0 Å². The first-order valence-corrected chi connectivity index (χ1v) is 10.5. The maximum Gasteiger partial charge on any atom is 0.268 e. The van der Waals surface area contributed by atoms with Crippen molar-refractivity contribution >= 4 is 45.8 Å². The van der Waals surface area contributed by atoms with Gasteiger partial charge in [0.25, 0.3) is 5.91 Å². The molecule has 0 radical (unpaired) electrons. The van der Waals surface area contributed by atoms with E-state index >= 15 is 0 Å². The summed E-state index contributed by atoms with van der Waals surface area (Å²) in [4.78, 5) is 13.1. The Morgan fingerprint density at radius 3 is 2.44 bits per heavy atom. The molecule has 4 rings (SSSR count). The van der Waals surface area contributed by atoms with Crippen LogP contribution in [0.4, 0.5) is 0 Å². The van der Waals surface area contributed by atoms with E-state index in [1.165, 1.54) is 0 Å². The summed E-state index contributed by atoms with van der Waals surface area (Å²) in [7, 11) is 0. The first-order valence-electron chi connectivity index (χ1n) is 9.79. The molecule has 32 heavy (non-hydrogen) atoms. The van der Waals surface area contributed by atoms with Gasteiger partial charge in [0, 0.05) is 34.1 Å². The lowest BCUT2D eigenvalue weighted by Crippen LogP contribution is -2.25. The molecule has 0 aliphatic carbocycles. The van der Waals surface area contributed by atoms with Crippen LogP contribution in [0.2, 0.25) is 10.0 Å². The predicted molar refractivity (Wildman–Crippen MR) is 128 cm³/mol. The fourth-order valence-corrected chi connectivity index (χ4v) is 4.20. The highest BCUT2D eigenvalue weighted by Crippen LogP contribution is 2.29. The van der Waals surface area contributed by atoms with Gasteiger partial charge in [0.15, 0.2) is 0 Å². The number of amides is 1. The molecule has 1 aromatic heterocycles. The number of halogens is 2. The van der Waals surface area contributed by atoms with Crippen molar-refractivity contribution in [3.8, 4) is 5.75 Å². The highest BCUT2D eigenvalue weighted by atomic mass is 35.5. The number of carbonyl (C=O) groups excluding carboxylic acids is 1. The van der Waals surface area contributed by atoms with Gasteiger partial charge >= 0.3 is 0 Å². The van der Waals surface area contributed by atoms with E-state index in [0.29, 0.717) is 38.8 Å². The van der Waals surface area contributed by atoms with Crippen molar-refractivity contribution < 1.29 is 9.90 Å². The van der Waals surface area contributed by atoms with Gasteiger partial charge in [-0.05, 0) is 53.6 Å². The zero-order chi connectivity index (χ0) is 22.8. The Labute approximate surface area is 194 Å². The third-order valence-electron chi connectivity index (χ3n) is 5.11. The number of nitrogens with one attached hydrogen (secondary N) is 2. The zero-order valence-corrected chi connectivity index (χ0v) is 18.4. The standard InChI is InChI=1S/C24H20Cl2N4O2/c25-17-8-15(9-18(26)10-17)12-29-24(32)21-11-19-20(5-2-6-22(19)31)30(21)13-14-3-1-4-16(7-14)23(27)28/h1-11,31H,12-13H2,(H3,27,28)(H,29,32). The van der Waals surface area contributed by atoms with Gasteiger partial charge in [-0.3, -0.25) is 10.2 Å². The summed E-state index contributed by atoms with van der Waals surface area (Å²) in [5.41, 5.74) is 8.98. The third-order valence-corrected chi connectivity index (χ3v) is 5.55. The number of amidine groups is 1. The number of aromatic hydroxyl groups is 1. The van der Waals surface area contributed by atoms with Crippen molar-refractivity contribution in [1.82, 2.24) is 9.88 Å². The zero-order valence-electron chi connectivity index (χ0n) is 16.9. The van der Waals surface area contributed by atoms with Gasteiger partial charge in [0.2, 0.25) is 0 Å². The van der Waals surface area contributed by atoms with Crippen LogP contribution in [0.1, 0.15) is 27.2 Å². The van der Waals surface area contributed by atoms with Crippen molar-refractivity contribution in [2.24, 2.45) is 5.73 Å². The van der Waals surface area contributed by atoms with Crippen molar-refractivity contribution in [2.75, 3.05) is 0 Å². The lowest BCUT2D eigenvalue weighted by atomic mass is 10.1. The summed E-state index contributed by atoms with van der Waals surface area (Å²) in [6.45, 7) is 0.603. The SMILES string of the molecule is N=C(N)c1cccc(Cn2c(C(=O)NCc3cc(Cl)cc(Cl)c3)cc3c(O)cccc32)c1. The minimum atomic E-state index is -0.306. The van der Waals surface area contributed by atoms with E-state index in [1.54, 1.807) is 42.5 Å². The van der Waals surface area contributed by atoms with Crippen LogP contribution in [-0.2, 0) is 13.1 Å². The predicted octanol–water partition coefficient (Wildman–Crippen LogP) is 4.92. The number of phenolic OH excluding ortho intramolecular Hbond substituents is 1. The molecule has 5 N–H and O–H groups in total. The van der Waals surface area contributed by atoms with Gasteiger partial charge in [0.1, 0.15) is 17.3 Å². The smallest absolute Gasteiger partial charge is 0.268 e. The second kappa shape index (κ2) is 8.94. The molecule has 6 nitrogen and oxygen atoms in total. The molecular weight excluding hydrogens is 447 g/mol. The van der Waals surface area contributed by atoms with Crippen LogP contribution in [0.15, 0.2) is 66.7 Å². The van der Waals surface area contributed by atoms with E-state index in [4.69, 9.17) is 34.3 Å². The molecule has 0 saturated carbocycles. The molecule has 8 heteroatoms. The summed E-state index contributed by atoms with van der Waals surface area (Å²) in [6.07, 6.45) is 0. The summed E-state index contributed by atoms with van der Waals surface area (Å²) >= 11 is 12.1. The largest absolute Gasteiger partial charge is 0.507 e. The maximum atomic E-state index is 13.1. The number of benzene rings is 3. The molecule has 1 amide bonds. The number of aromatic nitrogens is 1. The molecule has 0 saturated heterocycles. The Morgan fingerprint density at radius 1 is 1.00 bits per heavy atom. The van der Waals surface area contributed by atoms with Crippen LogP contribution < -0.4 is 11.1 Å². The van der Waals surface area contributed by atoms with E-state index in [0.717, 1.165) is 11.1 Å². The number of fused-ring (bicyclic) bond motifs is 1. The molecule has 0 atom stereocenters. The quantitative estimate of drug-likeness (QED) is 0.239. The Morgan fingerprint density at radius 2 is 1.72 bits per heavy atom. The monoisotopic (exact) mass is 466 g/mol. The average molecular weight is 467 g/mol. The maximum absolute atomic E-state index is 13.1. The molecule has 0 aliphatic rings. The number of nitrogens with two attached hydrogens (primary N) is 1. The van der Waals surface area contributed by atoms with Gasteiger partial charge in [-0.1, -0.05) is 47.5 Å². The van der Waals surface area contributed by atoms with Gasteiger partial charge in [0.05, 0.1) is 5.52 Å². The lowest BCUT2D eigenvalue weighted by molar-refractivity contribution is 0.0942. The number of hydrogen-bond donors (Lipinski definition) is 4. The van der Waals surface area contributed by atoms with E-state index in [2.05, 4.69) is 5.32 Å². The number of hydrogen-bond acceptors (Lipinski definition) is 3. The highest BCUT2D eigenvalue weighted by molar-refractivity contribution is 6.34. The molecule has 0 aliphatic heterocycles. The van der Waals surface area contributed by atoms with Crippen LogP contribution in [0, 0.1) is 5.41 Å². The first kappa shape index (κ1) is 21.7. The molecular formula is C24H20Cl2N4O2. The van der Waals surface area contributed by atoms with E-state index < -0.39 is 0 Å². The fourth-order valence-electron chi connectivity index (χ4n) is 3.63. The number of carbonyl (C=O) groups is 1. The second-order valence-corrected chi connectivity index (χ2v) is 8.27. The van der Waals surface area contributed by atoms with E-state index in [-0.39, 0.29) is 24.0 Å². The van der Waals surface area contributed by atoms with Crippen LogP contribution in [0.25, 0.3) is 10.9 Å². The molecule has 1 heterocycles. The summed E-state index contributed by atoms with van der Waals surface area (Å²) in [6, 6.07) is 19.2. The topological polar surface area (TPSA) is 104 Å². The normalized spacial score (nSPS) is 10.9. The van der Waals surface area contributed by atoms with Crippen LogP contribution >= 0.6 is 23.2 Å². The molecule has 0 fully saturated rings. The van der Waals surface area contributed by atoms with Gasteiger partial charge in [-0.15, -0.1) is 0 Å². The first-order chi connectivity index (χ1) is 15.3. The average Bonchev–Trinajstić information content (AvgIpc) is 3.11. The van der Waals surface area contributed by atoms with E-state index in [9.17, 15) is 9.90 Å². The van der Waals surface area contributed by atoms with Crippen molar-refractivity contribution in [3.05, 3.63) is 99.2 Å². The Balaban J connectivity index is 1.69. The molecule has 162 valence electrons. The number of nitrogen functional groups attached to an aromatic ring is 1. The van der Waals surface area contributed by atoms with Crippen molar-refractivity contribution in [1.29, 1.82) is 5.41 Å². The lowest BCUT2D eigenvalue weighted by Gasteiger charge is -2.13. The van der Waals surface area contributed by atoms with E-state index in [1.807, 2.05) is 28.8 Å². The highest BCUT2D eigenvalue weighted by Gasteiger charge is 2.18. The summed E-state index contributed by atoms with van der Waals surface area (Å²) in [5, 5.41) is 22.4. The molecule has 4 aromatic rings. The van der Waals surface area contributed by atoms with Crippen LogP contribution in [0.5, 0.6) is 5.75 Å². The number of nitrogens with zero attached hydrogens (tertiary/aromatic N) is 1. The number of phenols is 1. The fraction of sp³-hybridized carbons (Fsp3) is 0.0833. The molecule has 0 spiro atoms. The summed E-state index contributed by atoms with van der Waals surface area (Å²) < 4.78 is 1.83. The Bertz CT molecular complexity index is 1330. The Kier molecular flexibility index (Phi) is 6.08. The Hall–Kier alpha value is -3.48. The van der Waals surface area contributed by atoms with Crippen molar-refractivity contribution in [2.45, 2.75) is 13.1 Å². The second-order valence-electron chi connectivity index (χ2n) is 7.40. The van der Waals surface area contributed by atoms with Gasteiger partial charge < -0.3 is 20.7 Å². The van der Waals surface area contributed by atoms with Gasteiger partial charge in [-0.2, -0.15) is 0 Å². The minimum absolute atomic E-state index is 0.0278. The summed E-state index contributed by atoms with van der Waals surface area (Å²) in [5.74, 6) is -0.242. The molecule has 3 aromatic carbocycles. The molecule has 0 unspecified atom stereocenters. The van der Waals surface area contributed by atoms with Crippen LogP contribution in [-0.4, -0.2) is 21.4 Å².